The molecular weight excluding hydrogens is 262 g/mol. The molecule has 0 aliphatic carbocycles. The molecule has 1 fully saturated rings. The summed E-state index contributed by atoms with van der Waals surface area (Å²) in [6.07, 6.45) is 1.95. The lowest BCUT2D eigenvalue weighted by molar-refractivity contribution is 0.100. The summed E-state index contributed by atoms with van der Waals surface area (Å²) in [7, 11) is 0. The van der Waals surface area contributed by atoms with Gasteiger partial charge in [-0.1, -0.05) is 24.9 Å². The number of hydrogen-bond donors (Lipinski definition) is 2. The fourth-order valence-electron chi connectivity index (χ4n) is 2.68. The van der Waals surface area contributed by atoms with E-state index in [9.17, 15) is 4.79 Å². The predicted molar refractivity (Wildman–Crippen MR) is 78.6 cm³/mol. The van der Waals surface area contributed by atoms with E-state index in [0.717, 1.165) is 31.6 Å². The maximum absolute atomic E-state index is 11.5. The number of amides is 1. The highest BCUT2D eigenvalue weighted by Gasteiger charge is 2.27. The van der Waals surface area contributed by atoms with E-state index in [4.69, 9.17) is 23.1 Å². The molecule has 1 aromatic rings. The summed E-state index contributed by atoms with van der Waals surface area (Å²) in [4.78, 5) is 13.7. The van der Waals surface area contributed by atoms with Crippen molar-refractivity contribution < 1.29 is 4.79 Å². The van der Waals surface area contributed by atoms with Crippen molar-refractivity contribution in [3.05, 3.63) is 28.8 Å². The Kier molecular flexibility index (Phi) is 4.32. The molecule has 0 spiro atoms. The van der Waals surface area contributed by atoms with Crippen LogP contribution in [0.3, 0.4) is 0 Å². The average molecular weight is 282 g/mol. The Morgan fingerprint density at radius 3 is 2.89 bits per heavy atom. The fourth-order valence-corrected chi connectivity index (χ4v) is 2.84. The summed E-state index contributed by atoms with van der Waals surface area (Å²) >= 11 is 6.04. The van der Waals surface area contributed by atoms with Crippen LogP contribution in [0.5, 0.6) is 0 Å². The van der Waals surface area contributed by atoms with E-state index in [2.05, 4.69) is 11.8 Å². The lowest BCUT2D eigenvalue weighted by atomic mass is 9.90. The topological polar surface area (TPSA) is 72.3 Å². The maximum Gasteiger partial charge on any atom is 0.250 e. The van der Waals surface area contributed by atoms with Gasteiger partial charge in [0, 0.05) is 24.2 Å². The molecule has 104 valence electrons. The van der Waals surface area contributed by atoms with E-state index in [-0.39, 0.29) is 6.04 Å². The molecule has 2 atom stereocenters. The van der Waals surface area contributed by atoms with Crippen molar-refractivity contribution >= 4 is 23.2 Å². The minimum atomic E-state index is -0.422. The molecule has 1 aromatic carbocycles. The zero-order valence-corrected chi connectivity index (χ0v) is 11.9. The molecule has 4 nitrogen and oxygen atoms in total. The van der Waals surface area contributed by atoms with Crippen molar-refractivity contribution in [2.24, 2.45) is 17.4 Å². The Morgan fingerprint density at radius 2 is 2.26 bits per heavy atom. The van der Waals surface area contributed by atoms with Crippen LogP contribution >= 0.6 is 11.6 Å². The molecule has 0 bridgehead atoms. The number of piperidine rings is 1. The molecule has 4 N–H and O–H groups in total. The van der Waals surface area contributed by atoms with Gasteiger partial charge in [0.1, 0.15) is 0 Å². The highest BCUT2D eigenvalue weighted by Crippen LogP contribution is 2.29. The van der Waals surface area contributed by atoms with Gasteiger partial charge in [0.2, 0.25) is 0 Å². The van der Waals surface area contributed by atoms with Gasteiger partial charge in [-0.2, -0.15) is 0 Å². The van der Waals surface area contributed by atoms with E-state index in [1.54, 1.807) is 12.1 Å². The van der Waals surface area contributed by atoms with Gasteiger partial charge in [-0.05, 0) is 30.5 Å². The lowest BCUT2D eigenvalue weighted by Crippen LogP contribution is -2.47. The molecule has 1 amide bonds. The number of rotatable bonds is 3. The van der Waals surface area contributed by atoms with Crippen molar-refractivity contribution in [3.8, 4) is 0 Å². The summed E-state index contributed by atoms with van der Waals surface area (Å²) < 4.78 is 0. The number of nitrogens with zero attached hydrogens (tertiary/aromatic N) is 1. The molecule has 2 rings (SSSR count). The number of carbonyl (C=O) groups excluding carboxylic acids is 1. The monoisotopic (exact) mass is 281 g/mol. The molecule has 2 unspecified atom stereocenters. The van der Waals surface area contributed by atoms with Crippen LogP contribution < -0.4 is 16.4 Å². The molecule has 19 heavy (non-hydrogen) atoms. The van der Waals surface area contributed by atoms with Gasteiger partial charge in [0.25, 0.3) is 5.91 Å². The maximum atomic E-state index is 11.5. The third kappa shape index (κ3) is 3.01. The van der Waals surface area contributed by atoms with Crippen LogP contribution in [0.2, 0.25) is 5.02 Å². The first-order valence-corrected chi connectivity index (χ1v) is 7.00. The number of nitrogens with two attached hydrogens (primary N) is 2. The Hall–Kier alpha value is -1.26. The molecule has 0 aromatic heterocycles. The van der Waals surface area contributed by atoms with Crippen LogP contribution in [0.4, 0.5) is 5.69 Å². The van der Waals surface area contributed by atoms with Gasteiger partial charge in [-0.15, -0.1) is 0 Å². The SMILES string of the molecule is CCC1CN(c2cc(Cl)ccc2C(N)=O)CCC1N. The second kappa shape index (κ2) is 5.80. The second-order valence-electron chi connectivity index (χ2n) is 5.09. The van der Waals surface area contributed by atoms with E-state index in [0.29, 0.717) is 16.5 Å². The lowest BCUT2D eigenvalue weighted by Gasteiger charge is -2.38. The largest absolute Gasteiger partial charge is 0.370 e. The van der Waals surface area contributed by atoms with Crippen molar-refractivity contribution in [3.63, 3.8) is 0 Å². The fraction of sp³-hybridized carbons (Fsp3) is 0.500. The van der Waals surface area contributed by atoms with Gasteiger partial charge in [-0.25, -0.2) is 0 Å². The first-order valence-electron chi connectivity index (χ1n) is 6.62. The standard InChI is InChI=1S/C14H20ClN3O/c1-2-9-8-18(6-5-12(9)16)13-7-10(15)3-4-11(13)14(17)19/h3-4,7,9,12H,2,5-6,8,16H2,1H3,(H2,17,19). The second-order valence-corrected chi connectivity index (χ2v) is 5.53. The summed E-state index contributed by atoms with van der Waals surface area (Å²) in [5, 5.41) is 0.614. The highest BCUT2D eigenvalue weighted by molar-refractivity contribution is 6.31. The molecule has 1 aliphatic rings. The number of anilines is 1. The number of hydrogen-bond acceptors (Lipinski definition) is 3. The first-order chi connectivity index (χ1) is 9.02. The van der Waals surface area contributed by atoms with Gasteiger partial charge in [0.15, 0.2) is 0 Å². The van der Waals surface area contributed by atoms with E-state index in [1.165, 1.54) is 0 Å². The van der Waals surface area contributed by atoms with Crippen molar-refractivity contribution in [1.29, 1.82) is 0 Å². The minimum absolute atomic E-state index is 0.234. The minimum Gasteiger partial charge on any atom is -0.370 e. The number of halogens is 1. The highest BCUT2D eigenvalue weighted by atomic mass is 35.5. The van der Waals surface area contributed by atoms with Gasteiger partial charge in [-0.3, -0.25) is 4.79 Å². The molecule has 1 aliphatic heterocycles. The summed E-state index contributed by atoms with van der Waals surface area (Å²) in [5.41, 5.74) is 12.9. The number of carbonyl (C=O) groups is 1. The van der Waals surface area contributed by atoms with Gasteiger partial charge < -0.3 is 16.4 Å². The van der Waals surface area contributed by atoms with Crippen LogP contribution in [0.15, 0.2) is 18.2 Å². The Morgan fingerprint density at radius 1 is 1.53 bits per heavy atom. The summed E-state index contributed by atoms with van der Waals surface area (Å²) in [5.74, 6) is 0.0167. The van der Waals surface area contributed by atoms with Gasteiger partial charge in [0.05, 0.1) is 11.3 Å². The van der Waals surface area contributed by atoms with Crippen LogP contribution in [0.1, 0.15) is 30.1 Å². The Bertz CT molecular complexity index is 478. The van der Waals surface area contributed by atoms with Crippen LogP contribution in [-0.2, 0) is 0 Å². The Balaban J connectivity index is 2.31. The zero-order valence-electron chi connectivity index (χ0n) is 11.1. The van der Waals surface area contributed by atoms with Crippen molar-refractivity contribution in [2.45, 2.75) is 25.8 Å². The van der Waals surface area contributed by atoms with Crippen LogP contribution in [0.25, 0.3) is 0 Å². The van der Waals surface area contributed by atoms with Crippen LogP contribution in [0, 0.1) is 5.92 Å². The molecule has 0 radical (unpaired) electrons. The Labute approximate surface area is 118 Å². The van der Waals surface area contributed by atoms with Crippen molar-refractivity contribution in [1.82, 2.24) is 0 Å². The molecular formula is C14H20ClN3O. The number of benzene rings is 1. The molecule has 1 saturated heterocycles. The van der Waals surface area contributed by atoms with Crippen LogP contribution in [-0.4, -0.2) is 25.0 Å². The molecule has 1 heterocycles. The predicted octanol–water partition coefficient (Wildman–Crippen LogP) is 2.00. The third-order valence-electron chi connectivity index (χ3n) is 3.88. The smallest absolute Gasteiger partial charge is 0.250 e. The quantitative estimate of drug-likeness (QED) is 0.890. The van der Waals surface area contributed by atoms with E-state index >= 15 is 0 Å². The summed E-state index contributed by atoms with van der Waals surface area (Å²) in [6.45, 7) is 3.82. The third-order valence-corrected chi connectivity index (χ3v) is 4.12. The van der Waals surface area contributed by atoms with Crippen molar-refractivity contribution in [2.75, 3.05) is 18.0 Å². The number of primary amides is 1. The van der Waals surface area contributed by atoms with Gasteiger partial charge >= 0.3 is 0 Å². The van der Waals surface area contributed by atoms with E-state index in [1.807, 2.05) is 6.07 Å². The first kappa shape index (κ1) is 14.2. The zero-order chi connectivity index (χ0) is 14.0. The molecule has 5 heteroatoms. The average Bonchev–Trinajstić information content (AvgIpc) is 2.38. The summed E-state index contributed by atoms with van der Waals surface area (Å²) in [6, 6.07) is 5.43. The van der Waals surface area contributed by atoms with E-state index < -0.39 is 5.91 Å². The normalized spacial score (nSPS) is 23.4. The molecule has 0 saturated carbocycles.